The largest absolute Gasteiger partial charge is 0.462 e. The highest BCUT2D eigenvalue weighted by atomic mass is 19.1. The van der Waals surface area contributed by atoms with Gasteiger partial charge in [-0.05, 0) is 37.6 Å². The van der Waals surface area contributed by atoms with Crippen molar-refractivity contribution in [3.63, 3.8) is 0 Å². The minimum Gasteiger partial charge on any atom is -0.462 e. The summed E-state index contributed by atoms with van der Waals surface area (Å²) in [5.41, 5.74) is 5.30. The maximum Gasteiger partial charge on any atom is 0.342 e. The number of primary amides is 1. The Bertz CT molecular complexity index is 993. The molecule has 2 aromatic rings. The number of halogens is 1. The van der Waals surface area contributed by atoms with E-state index in [1.54, 1.807) is 6.92 Å². The zero-order chi connectivity index (χ0) is 22.3. The molecule has 3 N–H and O–H groups in total. The van der Waals surface area contributed by atoms with Crippen molar-refractivity contribution in [1.29, 1.82) is 0 Å². The molecular formula is C20H19FN2O7. The number of aryl methyl sites for hydroxylation is 1. The second-order valence-corrected chi connectivity index (χ2v) is 5.86. The molecule has 158 valence electrons. The highest BCUT2D eigenvalue weighted by molar-refractivity contribution is 6.10. The number of anilines is 1. The lowest BCUT2D eigenvalue weighted by molar-refractivity contribution is -0.142. The lowest BCUT2D eigenvalue weighted by Gasteiger charge is -2.05. The molecule has 9 nitrogen and oxygen atoms in total. The molecule has 0 aliphatic rings. The van der Waals surface area contributed by atoms with Crippen LogP contribution < -0.4 is 11.1 Å². The number of ether oxygens (including phenoxy) is 2. The van der Waals surface area contributed by atoms with E-state index >= 15 is 0 Å². The number of benzene rings is 1. The molecule has 1 aromatic heterocycles. The highest BCUT2D eigenvalue weighted by Gasteiger charge is 2.29. The molecule has 2 amide bonds. The summed E-state index contributed by atoms with van der Waals surface area (Å²) in [4.78, 5) is 47.5. The van der Waals surface area contributed by atoms with Gasteiger partial charge < -0.3 is 19.6 Å². The van der Waals surface area contributed by atoms with Gasteiger partial charge in [-0.15, -0.1) is 0 Å². The van der Waals surface area contributed by atoms with E-state index < -0.39 is 36.2 Å². The summed E-state index contributed by atoms with van der Waals surface area (Å²) < 4.78 is 27.7. The average molecular weight is 418 g/mol. The van der Waals surface area contributed by atoms with Gasteiger partial charge in [-0.3, -0.25) is 14.9 Å². The number of nitrogens with one attached hydrogen (secondary N) is 1. The van der Waals surface area contributed by atoms with Crippen molar-refractivity contribution in [2.75, 3.05) is 18.5 Å². The van der Waals surface area contributed by atoms with Crippen LogP contribution in [-0.2, 0) is 19.1 Å². The van der Waals surface area contributed by atoms with E-state index in [1.165, 1.54) is 37.3 Å². The van der Waals surface area contributed by atoms with Gasteiger partial charge in [0.1, 0.15) is 22.7 Å². The highest BCUT2D eigenvalue weighted by Crippen LogP contribution is 2.27. The molecule has 0 fully saturated rings. The van der Waals surface area contributed by atoms with E-state index in [4.69, 9.17) is 19.6 Å². The first-order valence-electron chi connectivity index (χ1n) is 8.73. The maximum absolute atomic E-state index is 12.8. The van der Waals surface area contributed by atoms with Crippen LogP contribution in [0.5, 0.6) is 0 Å². The standard InChI is InChI=1S/C20H19FN2O7/c1-3-28-20(27)16-11(2)30-19(17(16)18(22)26)23-14(24)10-29-15(25)9-6-12-4-7-13(21)8-5-12/h4-9H,3,10H2,1-2H3,(H2,22,26)(H,23,24)/b9-6+. The Morgan fingerprint density at radius 3 is 2.40 bits per heavy atom. The number of nitrogens with two attached hydrogens (primary N) is 1. The van der Waals surface area contributed by atoms with Crippen molar-refractivity contribution in [3.8, 4) is 0 Å². The number of rotatable bonds is 8. The number of esters is 2. The predicted molar refractivity (Wildman–Crippen MR) is 103 cm³/mol. The topological polar surface area (TPSA) is 138 Å². The van der Waals surface area contributed by atoms with E-state index in [1.807, 2.05) is 0 Å². The van der Waals surface area contributed by atoms with Crippen LogP contribution in [0.25, 0.3) is 6.08 Å². The van der Waals surface area contributed by atoms with Crippen LogP contribution in [0.4, 0.5) is 10.3 Å². The lowest BCUT2D eigenvalue weighted by Crippen LogP contribution is -2.23. The van der Waals surface area contributed by atoms with Crippen LogP contribution in [0.2, 0.25) is 0 Å². The Morgan fingerprint density at radius 2 is 1.80 bits per heavy atom. The second-order valence-electron chi connectivity index (χ2n) is 5.86. The summed E-state index contributed by atoms with van der Waals surface area (Å²) in [7, 11) is 0. The molecule has 0 spiro atoms. The third-order valence-corrected chi connectivity index (χ3v) is 3.69. The first-order valence-corrected chi connectivity index (χ1v) is 8.73. The Labute approximate surface area is 170 Å². The molecule has 0 bridgehead atoms. The van der Waals surface area contributed by atoms with Gasteiger partial charge in [-0.1, -0.05) is 12.1 Å². The molecule has 0 aliphatic carbocycles. The zero-order valence-electron chi connectivity index (χ0n) is 16.2. The van der Waals surface area contributed by atoms with Crippen molar-refractivity contribution in [2.24, 2.45) is 5.73 Å². The third kappa shape index (κ3) is 5.77. The average Bonchev–Trinajstić information content (AvgIpc) is 3.02. The molecule has 30 heavy (non-hydrogen) atoms. The minimum atomic E-state index is -1.01. The minimum absolute atomic E-state index is 0.0248. The monoisotopic (exact) mass is 418 g/mol. The summed E-state index contributed by atoms with van der Waals surface area (Å²) in [6.45, 7) is 2.34. The van der Waals surface area contributed by atoms with Crippen LogP contribution >= 0.6 is 0 Å². The van der Waals surface area contributed by atoms with Gasteiger partial charge >= 0.3 is 11.9 Å². The van der Waals surface area contributed by atoms with E-state index in [2.05, 4.69) is 5.32 Å². The van der Waals surface area contributed by atoms with Gasteiger partial charge in [0.2, 0.25) is 5.88 Å². The molecule has 0 radical (unpaired) electrons. The number of amides is 2. The Hall–Kier alpha value is -3.95. The van der Waals surface area contributed by atoms with Gasteiger partial charge in [0.05, 0.1) is 6.61 Å². The van der Waals surface area contributed by atoms with Crippen LogP contribution in [0.1, 0.15) is 39.0 Å². The van der Waals surface area contributed by atoms with Gasteiger partial charge in [0.15, 0.2) is 6.61 Å². The summed E-state index contributed by atoms with van der Waals surface area (Å²) in [6, 6.07) is 5.37. The SMILES string of the molecule is CCOC(=O)c1c(C)oc(NC(=O)COC(=O)/C=C/c2ccc(F)cc2)c1C(N)=O. The van der Waals surface area contributed by atoms with Crippen LogP contribution in [-0.4, -0.2) is 37.0 Å². The van der Waals surface area contributed by atoms with E-state index in [0.29, 0.717) is 5.56 Å². The second kappa shape index (κ2) is 10.0. The number of furan rings is 1. The van der Waals surface area contributed by atoms with Crippen molar-refractivity contribution in [2.45, 2.75) is 13.8 Å². The first kappa shape index (κ1) is 22.3. The molecule has 0 saturated carbocycles. The molecule has 10 heteroatoms. The number of carbonyl (C=O) groups is 4. The van der Waals surface area contributed by atoms with Gasteiger partial charge in [-0.25, -0.2) is 14.0 Å². The van der Waals surface area contributed by atoms with Crippen LogP contribution in [0, 0.1) is 12.7 Å². The summed E-state index contributed by atoms with van der Waals surface area (Å²) in [6.07, 6.45) is 2.44. The van der Waals surface area contributed by atoms with Crippen molar-refractivity contribution >= 4 is 35.7 Å². The fourth-order valence-electron chi connectivity index (χ4n) is 2.40. The smallest absolute Gasteiger partial charge is 0.342 e. The van der Waals surface area contributed by atoms with Gasteiger partial charge in [0.25, 0.3) is 11.8 Å². The molecule has 1 aromatic carbocycles. The lowest BCUT2D eigenvalue weighted by atomic mass is 10.1. The molecular weight excluding hydrogens is 399 g/mol. The number of hydrogen-bond donors (Lipinski definition) is 2. The molecule has 2 rings (SSSR count). The summed E-state index contributed by atoms with van der Waals surface area (Å²) in [5.74, 6) is -4.24. The Morgan fingerprint density at radius 1 is 1.13 bits per heavy atom. The first-order chi connectivity index (χ1) is 14.2. The van der Waals surface area contributed by atoms with Crippen LogP contribution in [0.15, 0.2) is 34.8 Å². The van der Waals surface area contributed by atoms with Crippen molar-refractivity contribution in [1.82, 2.24) is 0 Å². The fourth-order valence-corrected chi connectivity index (χ4v) is 2.40. The third-order valence-electron chi connectivity index (χ3n) is 3.69. The molecule has 0 saturated heterocycles. The zero-order valence-corrected chi connectivity index (χ0v) is 16.2. The molecule has 1 heterocycles. The van der Waals surface area contributed by atoms with Gasteiger partial charge in [0, 0.05) is 6.08 Å². The van der Waals surface area contributed by atoms with E-state index in [0.717, 1.165) is 6.08 Å². The van der Waals surface area contributed by atoms with E-state index in [9.17, 15) is 23.6 Å². The quantitative estimate of drug-likeness (QED) is 0.495. The summed E-state index contributed by atoms with van der Waals surface area (Å²) >= 11 is 0. The predicted octanol–water partition coefficient (Wildman–Crippen LogP) is 2.20. The normalized spacial score (nSPS) is 10.6. The molecule has 0 unspecified atom stereocenters. The number of hydrogen-bond acceptors (Lipinski definition) is 7. The van der Waals surface area contributed by atoms with Gasteiger partial charge in [-0.2, -0.15) is 0 Å². The Balaban J connectivity index is 2.01. The summed E-state index contributed by atoms with van der Waals surface area (Å²) in [5, 5.41) is 2.23. The maximum atomic E-state index is 12.8. The molecule has 0 aliphatic heterocycles. The number of carbonyl (C=O) groups excluding carboxylic acids is 4. The van der Waals surface area contributed by atoms with Crippen molar-refractivity contribution < 1.29 is 37.5 Å². The molecule has 0 atom stereocenters. The fraction of sp³-hybridized carbons (Fsp3) is 0.200. The van der Waals surface area contributed by atoms with Crippen molar-refractivity contribution in [3.05, 3.63) is 58.6 Å². The van der Waals surface area contributed by atoms with Crippen LogP contribution in [0.3, 0.4) is 0 Å². The Kier molecular flexibility index (Phi) is 7.45. The van der Waals surface area contributed by atoms with E-state index in [-0.39, 0.29) is 29.4 Å².